The molecule has 1 aliphatic rings. The average molecular weight is 253 g/mol. The molecule has 1 aromatic heterocycles. The molecular weight excluding hydrogens is 238 g/mol. The first-order valence-electron chi connectivity index (χ1n) is 5.48. The van der Waals surface area contributed by atoms with Crippen LogP contribution in [0.5, 0.6) is 0 Å². The summed E-state index contributed by atoms with van der Waals surface area (Å²) in [6.07, 6.45) is 0. The van der Waals surface area contributed by atoms with Crippen LogP contribution in [0, 0.1) is 0 Å². The maximum atomic E-state index is 12.1. The third-order valence-electron chi connectivity index (χ3n) is 2.85. The van der Waals surface area contributed by atoms with Crippen molar-refractivity contribution in [3.05, 3.63) is 17.0 Å². The Morgan fingerprint density at radius 1 is 1.18 bits per heavy atom. The van der Waals surface area contributed by atoms with Crippen LogP contribution in [0.15, 0.2) is 12.1 Å². The van der Waals surface area contributed by atoms with Crippen molar-refractivity contribution in [3.8, 4) is 0 Å². The standard InChI is InChI=1S/C11H15N3O2S/c1-8(15)13-4-6-14(7-5-13)11(16)9-2-3-10(12)17-9/h2-3H,4-7,12H2,1H3. The predicted molar refractivity (Wildman–Crippen MR) is 66.9 cm³/mol. The van der Waals surface area contributed by atoms with Gasteiger partial charge in [0.05, 0.1) is 9.88 Å². The van der Waals surface area contributed by atoms with Crippen LogP contribution < -0.4 is 5.73 Å². The summed E-state index contributed by atoms with van der Waals surface area (Å²) in [7, 11) is 0. The van der Waals surface area contributed by atoms with Gasteiger partial charge < -0.3 is 15.5 Å². The molecule has 0 bridgehead atoms. The molecule has 1 saturated heterocycles. The predicted octanol–water partition coefficient (Wildman–Crippen LogP) is 0.635. The molecule has 0 aromatic carbocycles. The van der Waals surface area contributed by atoms with Crippen LogP contribution in [0.4, 0.5) is 5.00 Å². The van der Waals surface area contributed by atoms with Gasteiger partial charge in [-0.1, -0.05) is 0 Å². The minimum atomic E-state index is 0.00917. The van der Waals surface area contributed by atoms with Crippen molar-refractivity contribution >= 4 is 28.2 Å². The van der Waals surface area contributed by atoms with Crippen molar-refractivity contribution < 1.29 is 9.59 Å². The topological polar surface area (TPSA) is 66.6 Å². The number of carbonyl (C=O) groups is 2. The lowest BCUT2D eigenvalue weighted by Crippen LogP contribution is -2.49. The molecule has 2 amide bonds. The number of nitrogens with two attached hydrogens (primary N) is 1. The molecule has 0 unspecified atom stereocenters. The molecule has 0 aliphatic carbocycles. The number of hydrogen-bond donors (Lipinski definition) is 1. The second-order valence-electron chi connectivity index (χ2n) is 4.00. The molecule has 1 aromatic rings. The van der Waals surface area contributed by atoms with Gasteiger partial charge in [0, 0.05) is 33.1 Å². The van der Waals surface area contributed by atoms with E-state index < -0.39 is 0 Å². The van der Waals surface area contributed by atoms with E-state index in [0.717, 1.165) is 0 Å². The molecule has 2 heterocycles. The number of thiophene rings is 1. The summed E-state index contributed by atoms with van der Waals surface area (Å²) in [5.41, 5.74) is 5.60. The molecule has 6 heteroatoms. The fourth-order valence-electron chi connectivity index (χ4n) is 1.85. The van der Waals surface area contributed by atoms with Gasteiger partial charge in [-0.3, -0.25) is 9.59 Å². The number of anilines is 1. The molecule has 2 N–H and O–H groups in total. The van der Waals surface area contributed by atoms with E-state index in [2.05, 4.69) is 0 Å². The number of rotatable bonds is 1. The summed E-state index contributed by atoms with van der Waals surface area (Å²) in [4.78, 5) is 27.4. The van der Waals surface area contributed by atoms with E-state index in [9.17, 15) is 9.59 Å². The highest BCUT2D eigenvalue weighted by atomic mass is 32.1. The summed E-state index contributed by atoms with van der Waals surface area (Å²) in [6.45, 7) is 3.97. The Kier molecular flexibility index (Phi) is 3.33. The van der Waals surface area contributed by atoms with Crippen molar-refractivity contribution in [2.75, 3.05) is 31.9 Å². The summed E-state index contributed by atoms with van der Waals surface area (Å²) in [6, 6.07) is 3.49. The number of nitrogens with zero attached hydrogens (tertiary/aromatic N) is 2. The van der Waals surface area contributed by atoms with Crippen LogP contribution in [-0.2, 0) is 4.79 Å². The third kappa shape index (κ3) is 2.58. The largest absolute Gasteiger partial charge is 0.391 e. The van der Waals surface area contributed by atoms with Gasteiger partial charge in [0.1, 0.15) is 0 Å². The van der Waals surface area contributed by atoms with E-state index in [-0.39, 0.29) is 11.8 Å². The number of hydrogen-bond acceptors (Lipinski definition) is 4. The fraction of sp³-hybridized carbons (Fsp3) is 0.455. The number of amides is 2. The van der Waals surface area contributed by atoms with Gasteiger partial charge in [0.2, 0.25) is 5.91 Å². The van der Waals surface area contributed by atoms with Crippen LogP contribution in [-0.4, -0.2) is 47.8 Å². The molecule has 0 saturated carbocycles. The molecule has 0 spiro atoms. The zero-order chi connectivity index (χ0) is 12.4. The van der Waals surface area contributed by atoms with Crippen LogP contribution in [0.1, 0.15) is 16.6 Å². The SMILES string of the molecule is CC(=O)N1CCN(C(=O)c2ccc(N)s2)CC1. The van der Waals surface area contributed by atoms with E-state index >= 15 is 0 Å². The first kappa shape index (κ1) is 11.9. The van der Waals surface area contributed by atoms with Gasteiger partial charge in [-0.25, -0.2) is 0 Å². The molecule has 92 valence electrons. The van der Waals surface area contributed by atoms with Crippen molar-refractivity contribution in [3.63, 3.8) is 0 Å². The Balaban J connectivity index is 1.97. The number of piperazine rings is 1. The molecule has 5 nitrogen and oxygen atoms in total. The smallest absolute Gasteiger partial charge is 0.264 e. The normalized spacial score (nSPS) is 16.1. The van der Waals surface area contributed by atoms with Gasteiger partial charge >= 0.3 is 0 Å². The molecule has 0 atom stereocenters. The lowest BCUT2D eigenvalue weighted by Gasteiger charge is -2.33. The molecule has 17 heavy (non-hydrogen) atoms. The minimum Gasteiger partial charge on any atom is -0.391 e. The summed E-state index contributed by atoms with van der Waals surface area (Å²) in [5.74, 6) is 0.0763. The number of carbonyl (C=O) groups excluding carboxylic acids is 2. The van der Waals surface area contributed by atoms with E-state index in [1.807, 2.05) is 0 Å². The van der Waals surface area contributed by atoms with Crippen LogP contribution in [0.2, 0.25) is 0 Å². The number of nitrogen functional groups attached to an aromatic ring is 1. The molecule has 1 aliphatic heterocycles. The van der Waals surface area contributed by atoms with Gasteiger partial charge in [0.25, 0.3) is 5.91 Å². The van der Waals surface area contributed by atoms with E-state index in [1.165, 1.54) is 11.3 Å². The fourth-order valence-corrected chi connectivity index (χ4v) is 2.59. The van der Waals surface area contributed by atoms with E-state index in [1.54, 1.807) is 28.9 Å². The van der Waals surface area contributed by atoms with Crippen LogP contribution >= 0.6 is 11.3 Å². The van der Waals surface area contributed by atoms with Gasteiger partial charge in [-0.2, -0.15) is 0 Å². The Hall–Kier alpha value is -1.56. The van der Waals surface area contributed by atoms with Gasteiger partial charge in [-0.05, 0) is 12.1 Å². The first-order chi connectivity index (χ1) is 8.08. The van der Waals surface area contributed by atoms with Crippen LogP contribution in [0.3, 0.4) is 0 Å². The molecular formula is C11H15N3O2S. The zero-order valence-corrected chi connectivity index (χ0v) is 10.5. The van der Waals surface area contributed by atoms with Crippen molar-refractivity contribution in [2.45, 2.75) is 6.92 Å². The van der Waals surface area contributed by atoms with Gasteiger partial charge in [-0.15, -0.1) is 11.3 Å². The molecule has 2 rings (SSSR count). The van der Waals surface area contributed by atoms with E-state index in [0.29, 0.717) is 36.1 Å². The highest BCUT2D eigenvalue weighted by molar-refractivity contribution is 7.17. The van der Waals surface area contributed by atoms with Gasteiger partial charge in [0.15, 0.2) is 0 Å². The highest BCUT2D eigenvalue weighted by Crippen LogP contribution is 2.20. The summed E-state index contributed by atoms with van der Waals surface area (Å²) in [5, 5.41) is 0.649. The lowest BCUT2D eigenvalue weighted by molar-refractivity contribution is -0.130. The minimum absolute atomic E-state index is 0.00917. The zero-order valence-electron chi connectivity index (χ0n) is 9.68. The monoisotopic (exact) mass is 253 g/mol. The second-order valence-corrected chi connectivity index (χ2v) is 5.12. The van der Waals surface area contributed by atoms with E-state index in [4.69, 9.17) is 5.73 Å². The highest BCUT2D eigenvalue weighted by Gasteiger charge is 2.23. The third-order valence-corrected chi connectivity index (χ3v) is 3.75. The Bertz CT molecular complexity index is 436. The van der Waals surface area contributed by atoms with Crippen molar-refractivity contribution in [1.82, 2.24) is 9.80 Å². The quantitative estimate of drug-likeness (QED) is 0.798. The Labute approximate surface area is 104 Å². The van der Waals surface area contributed by atoms with Crippen LogP contribution in [0.25, 0.3) is 0 Å². The lowest BCUT2D eigenvalue weighted by atomic mass is 10.3. The van der Waals surface area contributed by atoms with Crippen molar-refractivity contribution in [2.24, 2.45) is 0 Å². The Morgan fingerprint density at radius 2 is 1.76 bits per heavy atom. The molecule has 1 fully saturated rings. The summed E-state index contributed by atoms with van der Waals surface area (Å²) >= 11 is 1.30. The maximum absolute atomic E-state index is 12.1. The second kappa shape index (κ2) is 4.75. The van der Waals surface area contributed by atoms with Crippen molar-refractivity contribution in [1.29, 1.82) is 0 Å². The summed E-state index contributed by atoms with van der Waals surface area (Å²) < 4.78 is 0. The average Bonchev–Trinajstić information content (AvgIpc) is 2.75. The Morgan fingerprint density at radius 3 is 2.24 bits per heavy atom. The molecule has 0 radical (unpaired) electrons. The maximum Gasteiger partial charge on any atom is 0.264 e. The first-order valence-corrected chi connectivity index (χ1v) is 6.29.